The standard InChI is InChI=1S/C10H9F3N2O/c1-6(5-14)16-9-3-2-7(4-8(9)15)10(11,12)13/h2-4,6H,15H2,1H3. The van der Waals surface area contributed by atoms with Crippen molar-refractivity contribution >= 4 is 5.69 Å². The fourth-order valence-electron chi connectivity index (χ4n) is 1.05. The molecular formula is C10H9F3N2O. The van der Waals surface area contributed by atoms with Gasteiger partial charge in [-0.2, -0.15) is 18.4 Å². The molecular weight excluding hydrogens is 221 g/mol. The maximum absolute atomic E-state index is 12.3. The lowest BCUT2D eigenvalue weighted by Gasteiger charge is -2.12. The van der Waals surface area contributed by atoms with Crippen molar-refractivity contribution in [2.75, 3.05) is 5.73 Å². The van der Waals surface area contributed by atoms with E-state index in [1.807, 2.05) is 0 Å². The van der Waals surface area contributed by atoms with Gasteiger partial charge >= 0.3 is 6.18 Å². The SMILES string of the molecule is CC(C#N)Oc1ccc(C(F)(F)F)cc1N. The third kappa shape index (κ3) is 2.79. The molecule has 1 aromatic carbocycles. The molecule has 1 rings (SSSR count). The quantitative estimate of drug-likeness (QED) is 0.794. The number of rotatable bonds is 2. The van der Waals surface area contributed by atoms with Gasteiger partial charge in [0, 0.05) is 0 Å². The van der Waals surface area contributed by atoms with Gasteiger partial charge in [0.25, 0.3) is 0 Å². The zero-order valence-corrected chi connectivity index (χ0v) is 8.38. The van der Waals surface area contributed by atoms with E-state index in [2.05, 4.69) is 0 Å². The van der Waals surface area contributed by atoms with E-state index in [-0.39, 0.29) is 11.4 Å². The first kappa shape index (κ1) is 12.2. The summed E-state index contributed by atoms with van der Waals surface area (Å²) in [5.41, 5.74) is 4.40. The van der Waals surface area contributed by atoms with Gasteiger partial charge in [-0.3, -0.25) is 0 Å². The lowest BCUT2D eigenvalue weighted by molar-refractivity contribution is -0.137. The minimum atomic E-state index is -4.44. The van der Waals surface area contributed by atoms with Crippen LogP contribution in [0, 0.1) is 11.3 Å². The highest BCUT2D eigenvalue weighted by atomic mass is 19.4. The Kier molecular flexibility index (Phi) is 3.28. The highest BCUT2D eigenvalue weighted by molar-refractivity contribution is 5.55. The van der Waals surface area contributed by atoms with E-state index in [1.165, 1.54) is 6.92 Å². The largest absolute Gasteiger partial charge is 0.474 e. The van der Waals surface area contributed by atoms with E-state index in [9.17, 15) is 13.2 Å². The molecule has 0 spiro atoms. The third-order valence-electron chi connectivity index (χ3n) is 1.82. The Hall–Kier alpha value is -1.90. The molecule has 0 aliphatic rings. The van der Waals surface area contributed by atoms with E-state index in [0.29, 0.717) is 0 Å². The second-order valence-electron chi connectivity index (χ2n) is 3.14. The number of nitrogens with two attached hydrogens (primary N) is 1. The first-order valence-electron chi connectivity index (χ1n) is 4.37. The summed E-state index contributed by atoms with van der Waals surface area (Å²) < 4.78 is 41.8. The number of hydrogen-bond acceptors (Lipinski definition) is 3. The van der Waals surface area contributed by atoms with E-state index >= 15 is 0 Å². The predicted molar refractivity (Wildman–Crippen MR) is 51.6 cm³/mol. The number of ether oxygens (including phenoxy) is 1. The molecule has 0 bridgehead atoms. The van der Waals surface area contributed by atoms with E-state index < -0.39 is 17.8 Å². The van der Waals surface area contributed by atoms with Gasteiger partial charge in [-0.1, -0.05) is 0 Å². The highest BCUT2D eigenvalue weighted by Gasteiger charge is 2.31. The first-order chi connectivity index (χ1) is 7.34. The smallest absolute Gasteiger partial charge is 0.416 e. The van der Waals surface area contributed by atoms with Crippen LogP contribution in [0.2, 0.25) is 0 Å². The van der Waals surface area contributed by atoms with Gasteiger partial charge < -0.3 is 10.5 Å². The van der Waals surface area contributed by atoms with Gasteiger partial charge in [0.15, 0.2) is 6.10 Å². The van der Waals surface area contributed by atoms with Crippen molar-refractivity contribution in [2.45, 2.75) is 19.2 Å². The monoisotopic (exact) mass is 230 g/mol. The van der Waals surface area contributed by atoms with Crippen LogP contribution in [0.1, 0.15) is 12.5 Å². The summed E-state index contributed by atoms with van der Waals surface area (Å²) in [6.07, 6.45) is -5.20. The number of halogens is 3. The van der Waals surface area contributed by atoms with Crippen LogP contribution in [0.3, 0.4) is 0 Å². The average Bonchev–Trinajstić information content (AvgIpc) is 2.19. The fourth-order valence-corrected chi connectivity index (χ4v) is 1.05. The number of anilines is 1. The molecule has 6 heteroatoms. The topological polar surface area (TPSA) is 59.0 Å². The predicted octanol–water partition coefficient (Wildman–Crippen LogP) is 2.58. The maximum Gasteiger partial charge on any atom is 0.416 e. The number of hydrogen-bond donors (Lipinski definition) is 1. The van der Waals surface area contributed by atoms with Gasteiger partial charge in [-0.05, 0) is 25.1 Å². The maximum atomic E-state index is 12.3. The molecule has 2 N–H and O–H groups in total. The molecule has 1 atom stereocenters. The Bertz CT molecular complexity index is 423. The number of benzene rings is 1. The van der Waals surface area contributed by atoms with Crippen LogP contribution in [0.15, 0.2) is 18.2 Å². The molecule has 16 heavy (non-hydrogen) atoms. The first-order valence-corrected chi connectivity index (χ1v) is 4.37. The van der Waals surface area contributed by atoms with Crippen molar-refractivity contribution < 1.29 is 17.9 Å². The molecule has 1 aromatic rings. The summed E-state index contributed by atoms with van der Waals surface area (Å²) in [6, 6.07) is 4.52. The van der Waals surface area contributed by atoms with Crippen LogP contribution in [0.5, 0.6) is 5.75 Å². The summed E-state index contributed by atoms with van der Waals surface area (Å²) in [5.74, 6) is 0.0713. The summed E-state index contributed by atoms with van der Waals surface area (Å²) in [6.45, 7) is 1.47. The Morgan fingerprint density at radius 1 is 1.44 bits per heavy atom. The summed E-state index contributed by atoms with van der Waals surface area (Å²) in [4.78, 5) is 0. The zero-order chi connectivity index (χ0) is 12.3. The Morgan fingerprint density at radius 2 is 2.06 bits per heavy atom. The molecule has 86 valence electrons. The van der Waals surface area contributed by atoms with Gasteiger partial charge in [-0.15, -0.1) is 0 Å². The van der Waals surface area contributed by atoms with E-state index in [1.54, 1.807) is 6.07 Å². The van der Waals surface area contributed by atoms with Crippen LogP contribution in [-0.2, 0) is 6.18 Å². The van der Waals surface area contributed by atoms with Crippen molar-refractivity contribution in [3.05, 3.63) is 23.8 Å². The van der Waals surface area contributed by atoms with E-state index in [4.69, 9.17) is 15.7 Å². The molecule has 0 radical (unpaired) electrons. The van der Waals surface area contributed by atoms with Gasteiger partial charge in [0.05, 0.1) is 11.3 Å². The molecule has 0 aliphatic heterocycles. The Morgan fingerprint density at radius 3 is 2.50 bits per heavy atom. The molecule has 0 fully saturated rings. The molecule has 3 nitrogen and oxygen atoms in total. The molecule has 1 unspecified atom stereocenters. The van der Waals surface area contributed by atoms with Gasteiger partial charge in [0.1, 0.15) is 11.8 Å². The minimum absolute atomic E-state index is 0.0713. The second-order valence-corrected chi connectivity index (χ2v) is 3.14. The van der Waals surface area contributed by atoms with Gasteiger partial charge in [0.2, 0.25) is 0 Å². The highest BCUT2D eigenvalue weighted by Crippen LogP contribution is 2.33. The van der Waals surface area contributed by atoms with Crippen molar-refractivity contribution in [2.24, 2.45) is 0 Å². The second kappa shape index (κ2) is 4.31. The summed E-state index contributed by atoms with van der Waals surface area (Å²) in [7, 11) is 0. The Labute approximate surface area is 90.2 Å². The van der Waals surface area contributed by atoms with Crippen LogP contribution >= 0.6 is 0 Å². The number of alkyl halides is 3. The van der Waals surface area contributed by atoms with E-state index in [0.717, 1.165) is 18.2 Å². The Balaban J connectivity index is 2.97. The zero-order valence-electron chi connectivity index (χ0n) is 8.38. The molecule has 0 heterocycles. The molecule has 0 saturated heterocycles. The third-order valence-corrected chi connectivity index (χ3v) is 1.82. The fraction of sp³-hybridized carbons (Fsp3) is 0.300. The molecule has 0 aliphatic carbocycles. The lowest BCUT2D eigenvalue weighted by atomic mass is 10.2. The summed E-state index contributed by atoms with van der Waals surface area (Å²) >= 11 is 0. The molecule has 0 amide bonds. The number of nitrogens with zero attached hydrogens (tertiary/aromatic N) is 1. The average molecular weight is 230 g/mol. The van der Waals surface area contributed by atoms with Crippen LogP contribution in [-0.4, -0.2) is 6.10 Å². The minimum Gasteiger partial charge on any atom is -0.474 e. The molecule has 0 aromatic heterocycles. The van der Waals surface area contributed by atoms with Crippen molar-refractivity contribution in [1.82, 2.24) is 0 Å². The van der Waals surface area contributed by atoms with Gasteiger partial charge in [-0.25, -0.2) is 0 Å². The van der Waals surface area contributed by atoms with Crippen LogP contribution in [0.4, 0.5) is 18.9 Å². The summed E-state index contributed by atoms with van der Waals surface area (Å²) in [5, 5.41) is 8.48. The van der Waals surface area contributed by atoms with Crippen LogP contribution < -0.4 is 10.5 Å². The number of nitriles is 1. The van der Waals surface area contributed by atoms with Crippen molar-refractivity contribution in [3.63, 3.8) is 0 Å². The number of nitrogen functional groups attached to an aromatic ring is 1. The van der Waals surface area contributed by atoms with Crippen molar-refractivity contribution in [3.8, 4) is 11.8 Å². The van der Waals surface area contributed by atoms with Crippen molar-refractivity contribution in [1.29, 1.82) is 5.26 Å². The lowest BCUT2D eigenvalue weighted by Crippen LogP contribution is -2.11. The van der Waals surface area contributed by atoms with Crippen LogP contribution in [0.25, 0.3) is 0 Å². The normalized spacial score (nSPS) is 12.9. The molecule has 0 saturated carbocycles.